The highest BCUT2D eigenvalue weighted by molar-refractivity contribution is 7.13. The first-order valence-electron chi connectivity index (χ1n) is 7.62. The number of nitrogens with zero attached hydrogens (tertiary/aromatic N) is 4. The zero-order chi connectivity index (χ0) is 15.8. The van der Waals surface area contributed by atoms with E-state index < -0.39 is 0 Å². The van der Waals surface area contributed by atoms with Gasteiger partial charge in [-0.25, -0.2) is 9.97 Å². The number of rotatable bonds is 2. The van der Waals surface area contributed by atoms with Gasteiger partial charge in [0.05, 0.1) is 5.69 Å². The molecule has 23 heavy (non-hydrogen) atoms. The molecule has 6 nitrogen and oxygen atoms in total. The van der Waals surface area contributed by atoms with E-state index in [9.17, 15) is 4.79 Å². The normalized spacial score (nSPS) is 15.3. The van der Waals surface area contributed by atoms with Crippen LogP contribution >= 0.6 is 11.3 Å². The Kier molecular flexibility index (Phi) is 3.59. The van der Waals surface area contributed by atoms with Crippen LogP contribution in [0.25, 0.3) is 16.3 Å². The quantitative estimate of drug-likeness (QED) is 0.773. The summed E-state index contributed by atoms with van der Waals surface area (Å²) in [6.07, 6.45) is 1.88. The molecule has 0 amide bonds. The lowest BCUT2D eigenvalue weighted by molar-refractivity contribution is 0.588. The number of thiazole rings is 1. The highest BCUT2D eigenvalue weighted by Gasteiger charge is 2.13. The molecule has 0 atom stereocenters. The number of nitrogens with one attached hydrogen (secondary N) is 1. The van der Waals surface area contributed by atoms with Crippen molar-refractivity contribution in [2.45, 2.75) is 6.92 Å². The van der Waals surface area contributed by atoms with Crippen molar-refractivity contribution in [3.8, 4) is 10.7 Å². The molecule has 1 N–H and O–H groups in total. The lowest BCUT2D eigenvalue weighted by Gasteiger charge is -2.29. The number of aryl methyl sites for hydroxylation is 1. The van der Waals surface area contributed by atoms with Gasteiger partial charge >= 0.3 is 0 Å². The highest BCUT2D eigenvalue weighted by Crippen LogP contribution is 2.22. The Morgan fingerprint density at radius 1 is 1.22 bits per heavy atom. The van der Waals surface area contributed by atoms with E-state index in [-0.39, 0.29) is 5.56 Å². The summed E-state index contributed by atoms with van der Waals surface area (Å²) < 4.78 is 1.61. The predicted octanol–water partition coefficient (Wildman–Crippen LogP) is 1.54. The molecule has 4 rings (SSSR count). The Hall–Kier alpha value is -2.25. The number of anilines is 1. The van der Waals surface area contributed by atoms with Crippen LogP contribution in [0.3, 0.4) is 0 Å². The van der Waals surface area contributed by atoms with Gasteiger partial charge in [-0.1, -0.05) is 0 Å². The Balaban J connectivity index is 1.78. The SMILES string of the molecule is Cc1csc(-c2cc(=O)n3cc(N4CCNCC4)ccc3n2)n1. The van der Waals surface area contributed by atoms with Crippen molar-refractivity contribution in [3.05, 3.63) is 45.8 Å². The molecule has 0 radical (unpaired) electrons. The van der Waals surface area contributed by atoms with Gasteiger partial charge in [-0.3, -0.25) is 9.20 Å². The molecule has 0 saturated carbocycles. The topological polar surface area (TPSA) is 62.5 Å². The molecule has 3 aromatic heterocycles. The number of pyridine rings is 1. The van der Waals surface area contributed by atoms with Gasteiger partial charge in [-0.05, 0) is 19.1 Å². The lowest BCUT2D eigenvalue weighted by atomic mass is 10.3. The summed E-state index contributed by atoms with van der Waals surface area (Å²) in [6, 6.07) is 5.50. The van der Waals surface area contributed by atoms with Crippen LogP contribution in [0.2, 0.25) is 0 Å². The van der Waals surface area contributed by atoms with Crippen molar-refractivity contribution in [2.24, 2.45) is 0 Å². The molecule has 3 aromatic rings. The first kappa shape index (κ1) is 14.3. The van der Waals surface area contributed by atoms with Crippen LogP contribution in [0.15, 0.2) is 34.6 Å². The van der Waals surface area contributed by atoms with Crippen LogP contribution in [0.1, 0.15) is 5.69 Å². The van der Waals surface area contributed by atoms with Gasteiger partial charge in [0.2, 0.25) is 0 Å². The molecule has 4 heterocycles. The van der Waals surface area contributed by atoms with Crippen molar-refractivity contribution >= 4 is 22.7 Å². The van der Waals surface area contributed by atoms with E-state index in [1.807, 2.05) is 30.6 Å². The van der Waals surface area contributed by atoms with Crippen LogP contribution in [-0.2, 0) is 0 Å². The molecule has 0 spiro atoms. The summed E-state index contributed by atoms with van der Waals surface area (Å²) >= 11 is 1.51. The number of aromatic nitrogens is 3. The van der Waals surface area contributed by atoms with Crippen molar-refractivity contribution in [3.63, 3.8) is 0 Å². The van der Waals surface area contributed by atoms with Gasteiger partial charge < -0.3 is 10.2 Å². The Morgan fingerprint density at radius 2 is 2.04 bits per heavy atom. The third-order valence-corrected chi connectivity index (χ3v) is 4.95. The zero-order valence-electron chi connectivity index (χ0n) is 12.8. The summed E-state index contributed by atoms with van der Waals surface area (Å²) in [5, 5.41) is 6.08. The molecule has 1 aliphatic rings. The summed E-state index contributed by atoms with van der Waals surface area (Å²) in [4.78, 5) is 23.8. The second-order valence-corrected chi connectivity index (χ2v) is 6.48. The maximum Gasteiger partial charge on any atom is 0.258 e. The second kappa shape index (κ2) is 5.75. The van der Waals surface area contributed by atoms with Gasteiger partial charge in [0.1, 0.15) is 16.3 Å². The minimum Gasteiger partial charge on any atom is -0.368 e. The fourth-order valence-corrected chi connectivity index (χ4v) is 3.54. The van der Waals surface area contributed by atoms with Crippen molar-refractivity contribution in [1.82, 2.24) is 19.7 Å². The molecule has 0 aliphatic carbocycles. The monoisotopic (exact) mass is 327 g/mol. The zero-order valence-corrected chi connectivity index (χ0v) is 13.6. The van der Waals surface area contributed by atoms with Gasteiger partial charge in [-0.2, -0.15) is 0 Å². The summed E-state index contributed by atoms with van der Waals surface area (Å²) in [6.45, 7) is 5.77. The largest absolute Gasteiger partial charge is 0.368 e. The first-order chi connectivity index (χ1) is 11.2. The standard InChI is InChI=1S/C16H17N5OS/c1-11-10-23-16(18-11)13-8-15(22)21-9-12(2-3-14(21)19-13)20-6-4-17-5-7-20/h2-3,8-10,17H,4-7H2,1H3. The molecule has 0 unspecified atom stereocenters. The maximum atomic E-state index is 12.5. The molecule has 0 bridgehead atoms. The predicted molar refractivity (Wildman–Crippen MR) is 92.4 cm³/mol. The molecule has 1 fully saturated rings. The smallest absolute Gasteiger partial charge is 0.258 e. The Bertz CT molecular complexity index is 910. The van der Waals surface area contributed by atoms with E-state index in [2.05, 4.69) is 20.2 Å². The Labute approximate surface area is 137 Å². The molecule has 7 heteroatoms. The first-order valence-corrected chi connectivity index (χ1v) is 8.50. The van der Waals surface area contributed by atoms with E-state index in [0.717, 1.165) is 42.6 Å². The van der Waals surface area contributed by atoms with E-state index in [1.165, 1.54) is 11.3 Å². The number of fused-ring (bicyclic) bond motifs is 1. The molecular formula is C16H17N5OS. The van der Waals surface area contributed by atoms with Gasteiger partial charge in [0, 0.05) is 49.5 Å². The molecule has 1 saturated heterocycles. The molecule has 1 aliphatic heterocycles. The minimum atomic E-state index is -0.0742. The van der Waals surface area contributed by atoms with E-state index >= 15 is 0 Å². The van der Waals surface area contributed by atoms with Crippen LogP contribution in [0, 0.1) is 6.92 Å². The van der Waals surface area contributed by atoms with Gasteiger partial charge in [0.25, 0.3) is 5.56 Å². The molecule has 118 valence electrons. The average molecular weight is 327 g/mol. The van der Waals surface area contributed by atoms with Gasteiger partial charge in [0.15, 0.2) is 0 Å². The van der Waals surface area contributed by atoms with Crippen molar-refractivity contribution < 1.29 is 0 Å². The number of piperazine rings is 1. The third-order valence-electron chi connectivity index (χ3n) is 3.96. The fraction of sp³-hybridized carbons (Fsp3) is 0.312. The van der Waals surface area contributed by atoms with E-state index in [0.29, 0.717) is 11.3 Å². The van der Waals surface area contributed by atoms with Crippen molar-refractivity contribution in [1.29, 1.82) is 0 Å². The second-order valence-electron chi connectivity index (χ2n) is 5.63. The molecular weight excluding hydrogens is 310 g/mol. The van der Waals surface area contributed by atoms with Crippen LogP contribution < -0.4 is 15.8 Å². The van der Waals surface area contributed by atoms with Crippen LogP contribution in [-0.4, -0.2) is 40.5 Å². The summed E-state index contributed by atoms with van der Waals surface area (Å²) in [5.74, 6) is 0. The number of hydrogen-bond donors (Lipinski definition) is 1. The van der Waals surface area contributed by atoms with Gasteiger partial charge in [-0.15, -0.1) is 11.3 Å². The van der Waals surface area contributed by atoms with Crippen molar-refractivity contribution in [2.75, 3.05) is 31.1 Å². The molecule has 0 aromatic carbocycles. The Morgan fingerprint density at radius 3 is 2.78 bits per heavy atom. The average Bonchev–Trinajstić information content (AvgIpc) is 3.02. The van der Waals surface area contributed by atoms with E-state index in [4.69, 9.17) is 0 Å². The highest BCUT2D eigenvalue weighted by atomic mass is 32.1. The summed E-state index contributed by atoms with van der Waals surface area (Å²) in [5.41, 5.74) is 3.22. The summed E-state index contributed by atoms with van der Waals surface area (Å²) in [7, 11) is 0. The minimum absolute atomic E-state index is 0.0742. The lowest BCUT2D eigenvalue weighted by Crippen LogP contribution is -2.43. The van der Waals surface area contributed by atoms with Crippen LogP contribution in [0.5, 0.6) is 0 Å². The van der Waals surface area contributed by atoms with E-state index in [1.54, 1.807) is 10.5 Å². The number of hydrogen-bond acceptors (Lipinski definition) is 6. The maximum absolute atomic E-state index is 12.5. The van der Waals surface area contributed by atoms with Crippen LogP contribution in [0.4, 0.5) is 5.69 Å². The third kappa shape index (κ3) is 2.73. The fourth-order valence-electron chi connectivity index (χ4n) is 2.78.